The Kier molecular flexibility index (Phi) is 62.6. The maximum Gasteiger partial charge on any atom is 0.220 e. The number of Topliss-reactive ketones (excluding diaryl/α,β-unsaturated/α-hetero) is 1. The van der Waals surface area contributed by atoms with Gasteiger partial charge in [-0.05, 0) is 57.8 Å². The highest BCUT2D eigenvalue weighted by atomic mass is 16.3. The van der Waals surface area contributed by atoms with Gasteiger partial charge in [-0.3, -0.25) is 9.59 Å². The van der Waals surface area contributed by atoms with Crippen LogP contribution in [-0.4, -0.2) is 29.4 Å². The van der Waals surface area contributed by atoms with Gasteiger partial charge in [0.2, 0.25) is 5.91 Å². The molecule has 0 aromatic rings. The van der Waals surface area contributed by atoms with Crippen LogP contribution >= 0.6 is 0 Å². The molecule has 0 fully saturated rings. The van der Waals surface area contributed by atoms with Crippen molar-refractivity contribution in [2.24, 2.45) is 0 Å². The van der Waals surface area contributed by atoms with E-state index >= 15 is 0 Å². The van der Waals surface area contributed by atoms with Crippen molar-refractivity contribution in [2.45, 2.75) is 392 Å². The normalized spacial score (nSPS) is 12.3. The van der Waals surface area contributed by atoms with E-state index in [1.54, 1.807) is 0 Å². The summed E-state index contributed by atoms with van der Waals surface area (Å²) in [6.45, 7) is 4.97. The van der Waals surface area contributed by atoms with E-state index in [2.05, 4.69) is 43.5 Å². The van der Waals surface area contributed by atoms with E-state index in [1.807, 2.05) is 0 Å². The number of ketones is 1. The van der Waals surface area contributed by atoms with Crippen molar-refractivity contribution in [1.29, 1.82) is 0 Å². The molecule has 0 rings (SSSR count). The van der Waals surface area contributed by atoms with Crippen molar-refractivity contribution >= 4 is 11.7 Å². The highest BCUT2D eigenvalue weighted by Crippen LogP contribution is 2.19. The maximum atomic E-state index is 12.3. The summed E-state index contributed by atoms with van der Waals surface area (Å²) >= 11 is 0. The van der Waals surface area contributed by atoms with Gasteiger partial charge in [-0.25, -0.2) is 0 Å². The Bertz CT molecular complexity index is 1100. The molecule has 72 heavy (non-hydrogen) atoms. The molecular weight excluding hydrogens is 879 g/mol. The number of hydrogen-bond acceptors (Lipinski definition) is 3. The quantitative estimate of drug-likeness (QED) is 0.0471. The van der Waals surface area contributed by atoms with Crippen molar-refractivity contribution in [2.75, 3.05) is 6.54 Å². The molecule has 4 nitrogen and oxygen atoms in total. The summed E-state index contributed by atoms with van der Waals surface area (Å²) in [6, 6.07) is 0. The molecule has 0 radical (unpaired) electrons. The van der Waals surface area contributed by atoms with Gasteiger partial charge in [0.15, 0.2) is 0 Å². The predicted octanol–water partition coefficient (Wildman–Crippen LogP) is 22.8. The zero-order valence-electron chi connectivity index (χ0n) is 49.4. The lowest BCUT2D eigenvalue weighted by molar-refractivity contribution is -0.121. The predicted molar refractivity (Wildman–Crippen MR) is 321 cm³/mol. The van der Waals surface area contributed by atoms with Crippen LogP contribution < -0.4 is 5.32 Å². The molecule has 1 amide bonds. The molecule has 2 N–H and O–H groups in total. The van der Waals surface area contributed by atoms with Gasteiger partial charge in [0.1, 0.15) is 5.78 Å². The lowest BCUT2D eigenvalue weighted by atomic mass is 10.0. The summed E-state index contributed by atoms with van der Waals surface area (Å²) in [4.78, 5) is 24.5. The van der Waals surface area contributed by atoms with E-state index in [0.717, 1.165) is 57.8 Å². The molecule has 0 aliphatic heterocycles. The van der Waals surface area contributed by atoms with Gasteiger partial charge in [0.05, 0.1) is 6.10 Å². The van der Waals surface area contributed by atoms with Crippen LogP contribution in [0.1, 0.15) is 386 Å². The molecule has 0 aromatic heterocycles. The number of amides is 1. The molecule has 1 atom stereocenters. The first-order valence-corrected chi connectivity index (χ1v) is 33.4. The van der Waals surface area contributed by atoms with Gasteiger partial charge in [-0.1, -0.05) is 334 Å². The molecule has 426 valence electrons. The Hall–Kier alpha value is -1.42. The summed E-state index contributed by atoms with van der Waals surface area (Å²) in [5.74, 6) is 0.624. The Morgan fingerprint density at radius 1 is 0.319 bits per heavy atom. The third-order valence-electron chi connectivity index (χ3n) is 15.7. The second kappa shape index (κ2) is 63.9. The lowest BCUT2D eigenvalue weighted by Crippen LogP contribution is -2.31. The first kappa shape index (κ1) is 70.6. The van der Waals surface area contributed by atoms with Gasteiger partial charge in [-0.2, -0.15) is 0 Å². The summed E-state index contributed by atoms with van der Waals surface area (Å²) in [5, 5.41) is 13.3. The monoisotopic (exact) mass is 1010 g/mol. The Morgan fingerprint density at radius 2 is 0.569 bits per heavy atom. The fourth-order valence-corrected chi connectivity index (χ4v) is 10.6. The van der Waals surface area contributed by atoms with E-state index in [9.17, 15) is 14.7 Å². The van der Waals surface area contributed by atoms with E-state index in [-0.39, 0.29) is 5.91 Å². The fraction of sp³-hybridized carbons (Fsp3) is 0.912. The van der Waals surface area contributed by atoms with Gasteiger partial charge >= 0.3 is 0 Å². The molecule has 1 unspecified atom stereocenters. The molecule has 0 saturated carbocycles. The van der Waals surface area contributed by atoms with E-state index < -0.39 is 6.10 Å². The number of aliphatic hydroxyl groups is 1. The van der Waals surface area contributed by atoms with Crippen LogP contribution in [0.2, 0.25) is 0 Å². The number of unbranched alkanes of at least 4 members (excludes halogenated alkanes) is 49. The highest BCUT2D eigenvalue weighted by molar-refractivity contribution is 5.78. The van der Waals surface area contributed by atoms with Crippen LogP contribution in [0.4, 0.5) is 0 Å². The van der Waals surface area contributed by atoms with Gasteiger partial charge in [0, 0.05) is 25.8 Å². The molecule has 0 aliphatic rings. The second-order valence-corrected chi connectivity index (χ2v) is 23.1. The van der Waals surface area contributed by atoms with Crippen LogP contribution in [-0.2, 0) is 9.59 Å². The largest absolute Gasteiger partial charge is 0.391 e. The number of hydrogen-bond donors (Lipinski definition) is 2. The first-order chi connectivity index (χ1) is 35.6. The SMILES string of the molecule is CCCCCC=CCC=CCCCCCCCC(=O)CCCCCCCCCCCCCCCCCCCCCCCCCCCCCC(=O)NCC(O)CCCCCCCCCCCCCCCCCC. The molecular formula is C68H131NO3. The van der Waals surface area contributed by atoms with Crippen LogP contribution in [0.25, 0.3) is 0 Å². The number of rotatable bonds is 63. The van der Waals surface area contributed by atoms with Crippen molar-refractivity contribution in [3.8, 4) is 0 Å². The standard InChI is InChI=1S/C68H131NO3/c1-3-5-7-9-11-13-15-17-19-34-39-43-47-51-55-59-63-67(71)65-69-68(72)64-60-56-52-48-44-40-36-32-30-28-26-24-22-20-21-23-25-27-29-31-35-38-42-46-50-54-58-62-66(70)61-57-53-49-45-41-37-33-18-16-14-12-10-8-6-4-2/h12,14,18,33,67,71H,3-11,13,15-17,19-32,34-65H2,1-2H3,(H,69,72). The summed E-state index contributed by atoms with van der Waals surface area (Å²) in [6.07, 6.45) is 84.2. The first-order valence-electron chi connectivity index (χ1n) is 33.4. The maximum absolute atomic E-state index is 12.3. The Labute approximate surface area is 452 Å². The van der Waals surface area contributed by atoms with E-state index in [4.69, 9.17) is 0 Å². The molecule has 0 aromatic carbocycles. The van der Waals surface area contributed by atoms with E-state index in [1.165, 1.54) is 308 Å². The second-order valence-electron chi connectivity index (χ2n) is 23.1. The van der Waals surface area contributed by atoms with E-state index in [0.29, 0.717) is 18.7 Å². The minimum Gasteiger partial charge on any atom is -0.391 e. The Morgan fingerprint density at radius 3 is 0.903 bits per heavy atom. The van der Waals surface area contributed by atoms with Crippen LogP contribution in [0.3, 0.4) is 0 Å². The minimum atomic E-state index is -0.392. The van der Waals surface area contributed by atoms with Gasteiger partial charge < -0.3 is 10.4 Å². The highest BCUT2D eigenvalue weighted by Gasteiger charge is 2.08. The zero-order valence-corrected chi connectivity index (χ0v) is 49.4. The van der Waals surface area contributed by atoms with Crippen molar-refractivity contribution in [3.63, 3.8) is 0 Å². The lowest BCUT2D eigenvalue weighted by Gasteiger charge is -2.12. The van der Waals surface area contributed by atoms with Crippen molar-refractivity contribution in [1.82, 2.24) is 5.32 Å². The zero-order chi connectivity index (χ0) is 52.0. The molecule has 0 bridgehead atoms. The average molecular weight is 1010 g/mol. The average Bonchev–Trinajstić information content (AvgIpc) is 3.38. The summed E-state index contributed by atoms with van der Waals surface area (Å²) < 4.78 is 0. The number of aliphatic hydroxyl groups excluding tert-OH is 1. The van der Waals surface area contributed by atoms with Crippen LogP contribution in [0.5, 0.6) is 0 Å². The third-order valence-corrected chi connectivity index (χ3v) is 15.7. The number of nitrogens with one attached hydrogen (secondary N) is 1. The molecule has 0 spiro atoms. The molecule has 4 heteroatoms. The summed E-state index contributed by atoms with van der Waals surface area (Å²) in [7, 11) is 0. The molecule has 0 aliphatic carbocycles. The number of carbonyl (C=O) groups excluding carboxylic acids is 2. The van der Waals surface area contributed by atoms with Crippen molar-refractivity contribution < 1.29 is 14.7 Å². The fourth-order valence-electron chi connectivity index (χ4n) is 10.6. The minimum absolute atomic E-state index is 0.117. The van der Waals surface area contributed by atoms with Crippen molar-refractivity contribution in [3.05, 3.63) is 24.3 Å². The third kappa shape index (κ3) is 62.9. The van der Waals surface area contributed by atoms with Gasteiger partial charge in [0.25, 0.3) is 0 Å². The smallest absolute Gasteiger partial charge is 0.220 e. The molecule has 0 heterocycles. The van der Waals surface area contributed by atoms with Crippen LogP contribution in [0.15, 0.2) is 24.3 Å². The number of carbonyl (C=O) groups is 2. The topological polar surface area (TPSA) is 66.4 Å². The molecule has 0 saturated heterocycles. The van der Waals surface area contributed by atoms with Gasteiger partial charge in [-0.15, -0.1) is 0 Å². The van der Waals surface area contributed by atoms with Crippen LogP contribution in [0, 0.1) is 0 Å². The summed E-state index contributed by atoms with van der Waals surface area (Å²) in [5.41, 5.74) is 0. The Balaban J connectivity index is 3.25. The number of allylic oxidation sites excluding steroid dienone is 4.